The number of nitrogens with zero attached hydrogens (tertiary/aromatic N) is 3. The molecule has 81 heavy (non-hydrogen) atoms. The van der Waals surface area contributed by atoms with Crippen LogP contribution in [0.15, 0.2) is 70.8 Å². The molecule has 0 bridgehead atoms. The third-order valence-corrected chi connectivity index (χ3v) is 12.0. The molecule has 0 spiro atoms. The maximum atomic E-state index is 14.3. The first-order valence-corrected chi connectivity index (χ1v) is 29.0. The number of carboxylic acids is 3. The van der Waals surface area contributed by atoms with Crippen LogP contribution in [-0.2, 0) is 39.8 Å². The predicted octanol–water partition coefficient (Wildman–Crippen LogP) is 7.82. The third-order valence-electron chi connectivity index (χ3n) is 9.08. The average molecular weight is 1270 g/mol. The zero-order valence-corrected chi connectivity index (χ0v) is 47.5. The summed E-state index contributed by atoms with van der Waals surface area (Å²) < 4.78 is 123. The maximum absolute atomic E-state index is 14.3. The van der Waals surface area contributed by atoms with Crippen LogP contribution in [0, 0.1) is 5.82 Å². The molecule has 1 aromatic heterocycles. The van der Waals surface area contributed by atoms with Crippen LogP contribution >= 0.6 is 42.4 Å². The van der Waals surface area contributed by atoms with Crippen LogP contribution in [0.2, 0.25) is 15.1 Å². The first-order valence-electron chi connectivity index (χ1n) is 22.1. The van der Waals surface area contributed by atoms with Crippen LogP contribution in [0.5, 0.6) is 23.3 Å². The Morgan fingerprint density at radius 2 is 1.43 bits per heavy atom. The molecule has 4 amide bonds. The topological polar surface area (TPSA) is 369 Å². The van der Waals surface area contributed by atoms with Gasteiger partial charge in [-0.05, 0) is 86.3 Å². The molecule has 1 aliphatic carbocycles. The SMILES string of the molecule is CC(C)=C1OC(=O)N(c2cc(OC3CCCC3)c(Cl)cc2F)C1=O.COc1c(Cl)ccc(Cl)c1C(=O)O.C[S+](C)C.O=C(Nc1nc(OC(F)F)cc(OC(F)F)n1)NS(=O)(=O)c1ccccc1C(=O)O.O=C(O)CNCP(=O)([O-])O. The Hall–Kier alpha value is -6.77. The minimum absolute atomic E-state index is 0.00962. The molecule has 0 radical (unpaired) electrons. The van der Waals surface area contributed by atoms with Crippen LogP contribution in [0.4, 0.5) is 43.2 Å². The lowest BCUT2D eigenvalue weighted by atomic mass is 10.2. The number of amides is 4. The summed E-state index contributed by atoms with van der Waals surface area (Å²) in [6, 6.07) is 8.44. The van der Waals surface area contributed by atoms with E-state index in [1.54, 1.807) is 19.2 Å². The van der Waals surface area contributed by atoms with E-state index in [2.05, 4.69) is 38.2 Å². The maximum Gasteiger partial charge on any atom is 0.427 e. The second kappa shape index (κ2) is 32.6. The quantitative estimate of drug-likeness (QED) is 0.0229. The molecule has 2 fully saturated rings. The van der Waals surface area contributed by atoms with Crippen molar-refractivity contribution in [2.45, 2.75) is 63.8 Å². The Bertz CT molecular complexity index is 3070. The minimum atomic E-state index is -4.71. The van der Waals surface area contributed by atoms with Crippen molar-refractivity contribution in [2.75, 3.05) is 48.9 Å². The van der Waals surface area contributed by atoms with E-state index in [4.69, 9.17) is 69.2 Å². The van der Waals surface area contributed by atoms with Gasteiger partial charge in [-0.1, -0.05) is 46.9 Å². The highest BCUT2D eigenvalue weighted by Gasteiger charge is 2.40. The number of cyclic esters (lactones) is 1. The Morgan fingerprint density at radius 3 is 1.89 bits per heavy atom. The van der Waals surface area contributed by atoms with Gasteiger partial charge in [0.1, 0.15) is 29.6 Å². The van der Waals surface area contributed by atoms with Gasteiger partial charge in [-0.25, -0.2) is 41.6 Å². The second-order valence-electron chi connectivity index (χ2n) is 16.2. The lowest BCUT2D eigenvalue weighted by molar-refractivity contribution is -0.193. The fourth-order valence-electron chi connectivity index (χ4n) is 6.03. The van der Waals surface area contributed by atoms with Crippen LogP contribution in [0.3, 0.4) is 0 Å². The molecule has 1 saturated carbocycles. The van der Waals surface area contributed by atoms with Crippen molar-refractivity contribution in [2.24, 2.45) is 0 Å². The first kappa shape index (κ1) is 70.3. The van der Waals surface area contributed by atoms with Crippen molar-refractivity contribution in [3.63, 3.8) is 0 Å². The Balaban J connectivity index is 0.000000388. The molecule has 36 heteroatoms. The van der Waals surface area contributed by atoms with Crippen molar-refractivity contribution < 1.29 is 112 Å². The number of ether oxygens (including phenoxy) is 5. The lowest BCUT2D eigenvalue weighted by Crippen LogP contribution is -2.35. The number of carbonyl (C=O) groups is 6. The monoisotopic (exact) mass is 1270 g/mol. The smallest absolute Gasteiger partial charge is 0.427 e. The van der Waals surface area contributed by atoms with Gasteiger partial charge in [0, 0.05) is 6.07 Å². The number of rotatable bonds is 17. The number of halogens is 8. The summed E-state index contributed by atoms with van der Waals surface area (Å²) in [5.41, 5.74) is -0.447. The molecule has 1 atom stereocenters. The summed E-state index contributed by atoms with van der Waals surface area (Å²) in [5, 5.41) is 29.9. The second-order valence-corrected chi connectivity index (χ2v) is 23.1. The highest BCUT2D eigenvalue weighted by Crippen LogP contribution is 2.38. The highest BCUT2D eigenvalue weighted by atomic mass is 35.5. The van der Waals surface area contributed by atoms with E-state index in [0.717, 1.165) is 43.9 Å². The number of urea groups is 1. The van der Waals surface area contributed by atoms with E-state index in [1.807, 2.05) is 5.32 Å². The van der Waals surface area contributed by atoms with Gasteiger partial charge >= 0.3 is 49.2 Å². The zero-order chi connectivity index (χ0) is 61.7. The fourth-order valence-corrected chi connectivity index (χ4v) is 8.19. The average Bonchev–Trinajstić information content (AvgIpc) is 4.06. The summed E-state index contributed by atoms with van der Waals surface area (Å²) in [7, 11) is -7.08. The number of aromatic nitrogens is 2. The standard InChI is InChI=1S/C17H17ClFNO4.C14H10F4N4O7S.C8H6Cl2O3.C3H8NO5P.C3H9S/c1-9(2)15-16(21)20(17(22)24-15)13-8-14(11(18)7-12(13)19)23-10-5-3-4-6-10;15-11(16)28-8-5-9(29-12(17)18)20-13(19-8)21-14(25)22-30(26,27)7-4-2-1-3-6(7)10(23)24;1-13-7-5(10)3-2-4(9)6(7)8(11)12;5-3(6)1-4-2-10(7,8)9;1-4(2)3/h7-8,10H,3-6H2,1-2H3;1-5,11-12H,(H,23,24)(H2,19,20,21,22,25);2-3H,1H3,(H,11,12);4H,1-2H2,(H,5,6)(H2,7,8,9);1-3H3/q;;;;+1/p-1. The van der Waals surface area contributed by atoms with Crippen molar-refractivity contribution in [3.8, 4) is 23.3 Å². The van der Waals surface area contributed by atoms with Gasteiger partial charge in [0.25, 0.3) is 10.0 Å². The number of methoxy groups -OCH3 is 1. The molecular formula is C45H49Cl3F5N6O19PS2. The zero-order valence-electron chi connectivity index (χ0n) is 42.7. The van der Waals surface area contributed by atoms with Gasteiger partial charge in [-0.2, -0.15) is 27.5 Å². The number of sulfonamides is 1. The number of anilines is 2. The van der Waals surface area contributed by atoms with Gasteiger partial charge in [-0.3, -0.25) is 20.2 Å². The molecule has 25 nitrogen and oxygen atoms in total. The summed E-state index contributed by atoms with van der Waals surface area (Å²) >= 11 is 17.4. The molecule has 1 unspecified atom stereocenters. The van der Waals surface area contributed by atoms with Crippen molar-refractivity contribution >= 4 is 111 Å². The van der Waals surface area contributed by atoms with Crippen LogP contribution in [0.1, 0.15) is 60.2 Å². The molecule has 4 aromatic rings. The normalized spacial score (nSPS) is 13.6. The molecule has 1 aliphatic heterocycles. The van der Waals surface area contributed by atoms with Crippen molar-refractivity contribution in [1.29, 1.82) is 0 Å². The number of carboxylic acid groups (broad SMARTS) is 3. The molecule has 446 valence electrons. The number of hydrogen-bond acceptors (Lipinski definition) is 18. The fraction of sp³-hybridized carbons (Fsp3) is 0.333. The van der Waals surface area contributed by atoms with Gasteiger partial charge in [0.2, 0.25) is 17.7 Å². The number of benzene rings is 3. The van der Waals surface area contributed by atoms with Gasteiger partial charge < -0.3 is 53.4 Å². The van der Waals surface area contributed by atoms with Gasteiger partial charge in [0.15, 0.2) is 11.5 Å². The number of carbonyl (C=O) groups excluding carboxylic acids is 3. The van der Waals surface area contributed by atoms with Crippen molar-refractivity contribution in [3.05, 3.63) is 97.9 Å². The number of aromatic carboxylic acids is 2. The number of aliphatic carboxylic acids is 1. The van der Waals surface area contributed by atoms with E-state index in [1.165, 1.54) is 42.2 Å². The molecule has 3 aromatic carbocycles. The number of alkyl halides is 4. The largest absolute Gasteiger partial charge is 0.778 e. The van der Waals surface area contributed by atoms with E-state index in [9.17, 15) is 68.6 Å². The van der Waals surface area contributed by atoms with Crippen LogP contribution < -0.4 is 44.1 Å². The lowest BCUT2D eigenvalue weighted by Gasteiger charge is -2.18. The predicted molar refractivity (Wildman–Crippen MR) is 280 cm³/mol. The summed E-state index contributed by atoms with van der Waals surface area (Å²) in [4.78, 5) is 92.3. The summed E-state index contributed by atoms with van der Waals surface area (Å²) in [5.74, 6) is -8.03. The highest BCUT2D eigenvalue weighted by molar-refractivity contribution is 7.94. The van der Waals surface area contributed by atoms with E-state index in [-0.39, 0.29) is 49.7 Å². The van der Waals surface area contributed by atoms with Gasteiger partial charge in [0.05, 0.1) is 77.2 Å². The molecule has 1 saturated heterocycles. The molecule has 2 aliphatic rings. The third kappa shape index (κ3) is 24.1. The van der Waals surface area contributed by atoms with E-state index < -0.39 is 114 Å². The molecular weight excluding hydrogens is 1220 g/mol. The van der Waals surface area contributed by atoms with Crippen LogP contribution in [-0.4, -0.2) is 133 Å². The Kier molecular flexibility index (Phi) is 28.3. The summed E-state index contributed by atoms with van der Waals surface area (Å²) in [6.45, 7) is -4.02. The number of nitrogens with one attached hydrogen (secondary N) is 3. The molecule has 6 rings (SSSR count). The Labute approximate surface area is 475 Å². The molecule has 2 heterocycles. The number of allylic oxidation sites excluding steroid dienone is 1. The minimum Gasteiger partial charge on any atom is -0.778 e. The van der Waals surface area contributed by atoms with Crippen molar-refractivity contribution in [1.82, 2.24) is 20.0 Å². The van der Waals surface area contributed by atoms with Crippen LogP contribution in [0.25, 0.3) is 0 Å². The number of hydrogen-bond donors (Lipinski definition) is 7. The van der Waals surface area contributed by atoms with E-state index >= 15 is 0 Å². The number of imide groups is 1. The summed E-state index contributed by atoms with van der Waals surface area (Å²) in [6.07, 6.45) is 8.87. The first-order chi connectivity index (χ1) is 37.6. The van der Waals surface area contributed by atoms with E-state index in [0.29, 0.717) is 27.4 Å². The molecule has 7 N–H and O–H groups in total. The van der Waals surface area contributed by atoms with Gasteiger partial charge in [-0.15, -0.1) is 0 Å². The Morgan fingerprint density at radius 1 is 0.889 bits per heavy atom.